The maximum absolute atomic E-state index is 12.2. The van der Waals surface area contributed by atoms with Gasteiger partial charge in [0.1, 0.15) is 5.69 Å². The maximum Gasteiger partial charge on any atom is 0.256 e. The number of amides is 1. The maximum atomic E-state index is 12.2. The van der Waals surface area contributed by atoms with Crippen molar-refractivity contribution in [1.29, 1.82) is 0 Å². The molecule has 3 aromatic rings. The topological polar surface area (TPSA) is 67.2 Å². The molecule has 0 spiro atoms. The quantitative estimate of drug-likeness (QED) is 0.780. The van der Waals surface area contributed by atoms with Crippen molar-refractivity contribution >= 4 is 11.7 Å². The Morgan fingerprint density at radius 3 is 2.27 bits per heavy atom. The first-order chi connectivity index (χ1) is 10.7. The lowest BCUT2D eigenvalue weighted by Gasteiger charge is -2.05. The van der Waals surface area contributed by atoms with E-state index in [1.807, 2.05) is 36.4 Å². The van der Waals surface area contributed by atoms with Crippen molar-refractivity contribution in [3.8, 4) is 17.0 Å². The largest absolute Gasteiger partial charge is 0.503 e. The summed E-state index contributed by atoms with van der Waals surface area (Å²) in [6.07, 6.45) is 0. The highest BCUT2D eigenvalue weighted by Crippen LogP contribution is 2.34. The number of carbonyl (C=O) groups excluding carboxylic acids is 1. The smallest absolute Gasteiger partial charge is 0.256 e. The number of hydrogen-bond donors (Lipinski definition) is 2. The van der Waals surface area contributed by atoms with Gasteiger partial charge in [-0.05, 0) is 12.1 Å². The van der Waals surface area contributed by atoms with Crippen LogP contribution in [-0.4, -0.2) is 20.8 Å². The van der Waals surface area contributed by atoms with Crippen molar-refractivity contribution in [3.05, 3.63) is 66.2 Å². The molecule has 2 aromatic carbocycles. The summed E-state index contributed by atoms with van der Waals surface area (Å²) in [4.78, 5) is 12.2. The van der Waals surface area contributed by atoms with Crippen molar-refractivity contribution in [3.63, 3.8) is 0 Å². The predicted octanol–water partition coefficient (Wildman–Crippen LogP) is 3.05. The highest BCUT2D eigenvalue weighted by molar-refractivity contribution is 6.05. The Morgan fingerprint density at radius 2 is 1.64 bits per heavy atom. The summed E-state index contributed by atoms with van der Waals surface area (Å²) in [7, 11) is 1.67. The molecule has 22 heavy (non-hydrogen) atoms. The first-order valence-electron chi connectivity index (χ1n) is 6.84. The van der Waals surface area contributed by atoms with Crippen molar-refractivity contribution < 1.29 is 9.90 Å². The fraction of sp³-hybridized carbons (Fsp3) is 0.0588. The van der Waals surface area contributed by atoms with Crippen LogP contribution in [0.1, 0.15) is 10.4 Å². The zero-order chi connectivity index (χ0) is 15.5. The van der Waals surface area contributed by atoms with Gasteiger partial charge in [-0.3, -0.25) is 4.79 Å². The molecular weight excluding hydrogens is 278 g/mol. The number of hydrogen-bond acceptors (Lipinski definition) is 3. The van der Waals surface area contributed by atoms with Crippen molar-refractivity contribution in [2.24, 2.45) is 7.05 Å². The number of carbonyl (C=O) groups is 1. The minimum absolute atomic E-state index is 0.0435. The van der Waals surface area contributed by atoms with Crippen LogP contribution in [0.25, 0.3) is 11.3 Å². The van der Waals surface area contributed by atoms with Crippen LogP contribution in [-0.2, 0) is 7.05 Å². The Labute approximate surface area is 127 Å². The lowest BCUT2D eigenvalue weighted by molar-refractivity contribution is 0.102. The van der Waals surface area contributed by atoms with Gasteiger partial charge in [0.15, 0.2) is 11.6 Å². The number of nitrogens with one attached hydrogen (secondary N) is 1. The first kappa shape index (κ1) is 13.9. The fourth-order valence-electron chi connectivity index (χ4n) is 2.21. The summed E-state index contributed by atoms with van der Waals surface area (Å²) in [6, 6.07) is 18.2. The van der Waals surface area contributed by atoms with E-state index < -0.39 is 0 Å². The summed E-state index contributed by atoms with van der Waals surface area (Å²) in [5, 5.41) is 17.3. The molecule has 0 radical (unpaired) electrons. The molecule has 0 fully saturated rings. The molecule has 5 heteroatoms. The van der Waals surface area contributed by atoms with Gasteiger partial charge in [-0.15, -0.1) is 0 Å². The first-order valence-corrected chi connectivity index (χ1v) is 6.84. The van der Waals surface area contributed by atoms with E-state index in [1.54, 1.807) is 31.3 Å². The number of aryl methyl sites for hydroxylation is 1. The van der Waals surface area contributed by atoms with Crippen LogP contribution in [0, 0.1) is 0 Å². The third-order valence-corrected chi connectivity index (χ3v) is 3.34. The van der Waals surface area contributed by atoms with Crippen LogP contribution < -0.4 is 5.32 Å². The second-order valence-corrected chi connectivity index (χ2v) is 4.86. The molecule has 5 nitrogen and oxygen atoms in total. The van der Waals surface area contributed by atoms with Crippen molar-refractivity contribution in [2.45, 2.75) is 0 Å². The predicted molar refractivity (Wildman–Crippen MR) is 84.7 cm³/mol. The zero-order valence-electron chi connectivity index (χ0n) is 12.0. The van der Waals surface area contributed by atoms with E-state index in [0.717, 1.165) is 5.56 Å². The van der Waals surface area contributed by atoms with Crippen molar-refractivity contribution in [2.75, 3.05) is 5.32 Å². The molecule has 0 unspecified atom stereocenters. The lowest BCUT2D eigenvalue weighted by Crippen LogP contribution is -2.14. The molecule has 0 aliphatic heterocycles. The molecule has 1 aromatic heterocycles. The molecule has 1 heterocycles. The van der Waals surface area contributed by atoms with E-state index in [4.69, 9.17) is 0 Å². The van der Waals surface area contributed by atoms with Gasteiger partial charge in [-0.25, -0.2) is 4.68 Å². The normalized spacial score (nSPS) is 10.4. The minimum Gasteiger partial charge on any atom is -0.503 e. The molecule has 110 valence electrons. The van der Waals surface area contributed by atoms with Crippen LogP contribution in [0.2, 0.25) is 0 Å². The molecule has 1 amide bonds. The SMILES string of the molecule is Cn1nc(-c2ccccc2)c(O)c1NC(=O)c1ccccc1. The van der Waals surface area contributed by atoms with Gasteiger partial charge in [0.2, 0.25) is 0 Å². The average molecular weight is 293 g/mol. The van der Waals surface area contributed by atoms with Crippen LogP contribution in [0.5, 0.6) is 5.75 Å². The van der Waals surface area contributed by atoms with Crippen LogP contribution in [0.4, 0.5) is 5.82 Å². The van der Waals surface area contributed by atoms with Gasteiger partial charge in [-0.1, -0.05) is 48.5 Å². The molecule has 0 atom stereocenters. The van der Waals surface area contributed by atoms with E-state index in [1.165, 1.54) is 4.68 Å². The minimum atomic E-state index is -0.293. The van der Waals surface area contributed by atoms with E-state index in [0.29, 0.717) is 11.3 Å². The third kappa shape index (κ3) is 2.56. The van der Waals surface area contributed by atoms with Gasteiger partial charge in [0.05, 0.1) is 0 Å². The second kappa shape index (κ2) is 5.73. The number of aromatic hydroxyl groups is 1. The number of nitrogens with zero attached hydrogens (tertiary/aromatic N) is 2. The van der Waals surface area contributed by atoms with E-state index in [9.17, 15) is 9.90 Å². The lowest BCUT2D eigenvalue weighted by atomic mass is 10.1. The Hall–Kier alpha value is -3.08. The second-order valence-electron chi connectivity index (χ2n) is 4.86. The van der Waals surface area contributed by atoms with Gasteiger partial charge in [-0.2, -0.15) is 5.10 Å². The van der Waals surface area contributed by atoms with Crippen LogP contribution in [0.15, 0.2) is 60.7 Å². The number of rotatable bonds is 3. The molecule has 0 saturated carbocycles. The van der Waals surface area contributed by atoms with E-state index >= 15 is 0 Å². The molecule has 0 aliphatic carbocycles. The molecule has 0 bridgehead atoms. The van der Waals surface area contributed by atoms with E-state index in [2.05, 4.69) is 10.4 Å². The van der Waals surface area contributed by atoms with Gasteiger partial charge in [0, 0.05) is 18.2 Å². The molecular formula is C17H15N3O2. The summed E-state index contributed by atoms with van der Waals surface area (Å²) in [6.45, 7) is 0. The number of anilines is 1. The highest BCUT2D eigenvalue weighted by Gasteiger charge is 2.19. The Bertz CT molecular complexity index is 796. The third-order valence-electron chi connectivity index (χ3n) is 3.34. The molecule has 0 saturated heterocycles. The van der Waals surface area contributed by atoms with Crippen molar-refractivity contribution in [1.82, 2.24) is 9.78 Å². The zero-order valence-corrected chi connectivity index (χ0v) is 12.0. The average Bonchev–Trinajstić information content (AvgIpc) is 2.84. The Kier molecular flexibility index (Phi) is 3.62. The fourth-order valence-corrected chi connectivity index (χ4v) is 2.21. The number of benzene rings is 2. The molecule has 2 N–H and O–H groups in total. The monoisotopic (exact) mass is 293 g/mol. The van der Waals surface area contributed by atoms with Crippen LogP contribution >= 0.6 is 0 Å². The van der Waals surface area contributed by atoms with E-state index in [-0.39, 0.29) is 17.5 Å². The van der Waals surface area contributed by atoms with Gasteiger partial charge < -0.3 is 10.4 Å². The summed E-state index contributed by atoms with van der Waals surface area (Å²) in [5.74, 6) is -0.0656. The summed E-state index contributed by atoms with van der Waals surface area (Å²) < 4.78 is 1.46. The Morgan fingerprint density at radius 1 is 1.05 bits per heavy atom. The van der Waals surface area contributed by atoms with Gasteiger partial charge in [0.25, 0.3) is 5.91 Å². The molecule has 0 aliphatic rings. The van der Waals surface area contributed by atoms with Gasteiger partial charge >= 0.3 is 0 Å². The highest BCUT2D eigenvalue weighted by atomic mass is 16.3. The number of aromatic nitrogens is 2. The standard InChI is InChI=1S/C17H15N3O2/c1-20-16(18-17(22)13-10-6-3-7-11-13)15(21)14(19-20)12-8-4-2-5-9-12/h2-11,21H,1H3,(H,18,22). The van der Waals surface area contributed by atoms with Crippen LogP contribution in [0.3, 0.4) is 0 Å². The Balaban J connectivity index is 1.93. The summed E-state index contributed by atoms with van der Waals surface area (Å²) in [5.41, 5.74) is 1.74. The summed E-state index contributed by atoms with van der Waals surface area (Å²) >= 11 is 0. The molecule has 3 rings (SSSR count).